The number of imidazole rings is 1. The molecule has 4 heterocycles. The van der Waals surface area contributed by atoms with E-state index in [9.17, 15) is 10.2 Å². The van der Waals surface area contributed by atoms with Crippen LogP contribution in [0.3, 0.4) is 0 Å². The average molecular weight is 471 g/mol. The normalized spacial score (nSPS) is 22.8. The Morgan fingerprint density at radius 3 is 2.85 bits per heavy atom. The summed E-state index contributed by atoms with van der Waals surface area (Å²) in [5, 5.41) is 30.4. The molecule has 4 aromatic rings. The third-order valence-corrected chi connectivity index (χ3v) is 6.65. The van der Waals surface area contributed by atoms with Crippen molar-refractivity contribution in [1.82, 2.24) is 34.3 Å². The molecule has 4 atom stereocenters. The zero-order valence-corrected chi connectivity index (χ0v) is 18.6. The lowest BCUT2D eigenvalue weighted by Crippen LogP contribution is -2.32. The van der Waals surface area contributed by atoms with Crippen LogP contribution in [0, 0.1) is 0 Å². The number of aromatic nitrogens is 7. The highest BCUT2D eigenvalue weighted by molar-refractivity contribution is 7.99. The maximum Gasteiger partial charge on any atom is 0.191 e. The molecular formula is C20H22N8O4S. The van der Waals surface area contributed by atoms with Crippen molar-refractivity contribution >= 4 is 28.7 Å². The van der Waals surface area contributed by atoms with Gasteiger partial charge in [0.2, 0.25) is 0 Å². The summed E-state index contributed by atoms with van der Waals surface area (Å²) in [7, 11) is 3.47. The van der Waals surface area contributed by atoms with Crippen molar-refractivity contribution in [2.75, 3.05) is 18.6 Å². The minimum Gasteiger partial charge on any atom is -0.497 e. The number of ether oxygens (including phenoxy) is 2. The van der Waals surface area contributed by atoms with E-state index in [1.807, 2.05) is 35.9 Å². The Balaban J connectivity index is 1.31. The Hall–Kier alpha value is -3.26. The van der Waals surface area contributed by atoms with Gasteiger partial charge in [-0.2, -0.15) is 0 Å². The van der Waals surface area contributed by atoms with Gasteiger partial charge in [0.1, 0.15) is 29.8 Å². The van der Waals surface area contributed by atoms with E-state index in [4.69, 9.17) is 15.2 Å². The van der Waals surface area contributed by atoms with Gasteiger partial charge in [0, 0.05) is 18.4 Å². The SMILES string of the molecule is COc1cccc(-c2nnc(SC[C@H]3O[C@@H](n4cnc5c(N)ncnc54)[C@H](O)[C@@H]3O)n2C)c1. The molecule has 0 saturated carbocycles. The second-order valence-corrected chi connectivity index (χ2v) is 8.52. The first kappa shape index (κ1) is 21.6. The van der Waals surface area contributed by atoms with Crippen molar-refractivity contribution in [2.45, 2.75) is 29.7 Å². The quantitative estimate of drug-likeness (QED) is 0.339. The summed E-state index contributed by atoms with van der Waals surface area (Å²) in [6.45, 7) is 0. The summed E-state index contributed by atoms with van der Waals surface area (Å²) >= 11 is 1.37. The standard InChI is InChI=1S/C20H22N8O4S/c1-27-17(10-4-3-5-11(6-10)31-2)25-26-20(27)33-7-12-14(29)15(30)19(32-12)28-9-24-13-16(21)22-8-23-18(13)28/h3-6,8-9,12,14-15,19,29-30H,7H2,1-2H3,(H2,21,22,23)/t12-,14-,15-,19-/m1/s1. The van der Waals surface area contributed by atoms with Crippen LogP contribution in [0.5, 0.6) is 5.75 Å². The van der Waals surface area contributed by atoms with Gasteiger partial charge in [-0.3, -0.25) is 4.57 Å². The number of methoxy groups -OCH3 is 1. The highest BCUT2D eigenvalue weighted by Crippen LogP contribution is 2.34. The second-order valence-electron chi connectivity index (χ2n) is 7.54. The largest absolute Gasteiger partial charge is 0.497 e. The Bertz CT molecular complexity index is 1290. The lowest BCUT2D eigenvalue weighted by Gasteiger charge is -2.16. The zero-order chi connectivity index (χ0) is 23.1. The maximum atomic E-state index is 10.6. The minimum atomic E-state index is -1.17. The van der Waals surface area contributed by atoms with Crippen LogP contribution in [0.1, 0.15) is 6.23 Å². The first-order chi connectivity index (χ1) is 16.0. The van der Waals surface area contributed by atoms with Gasteiger partial charge in [-0.05, 0) is 12.1 Å². The molecule has 0 amide bonds. The van der Waals surface area contributed by atoms with Crippen molar-refractivity contribution in [1.29, 1.82) is 0 Å². The molecule has 3 aromatic heterocycles. The molecule has 0 unspecified atom stereocenters. The molecule has 13 heteroatoms. The molecular weight excluding hydrogens is 448 g/mol. The monoisotopic (exact) mass is 470 g/mol. The van der Waals surface area contributed by atoms with E-state index < -0.39 is 24.5 Å². The van der Waals surface area contributed by atoms with Gasteiger partial charge >= 0.3 is 0 Å². The molecule has 0 spiro atoms. The van der Waals surface area contributed by atoms with Gasteiger partial charge in [-0.15, -0.1) is 10.2 Å². The molecule has 1 aliphatic heterocycles. The molecule has 1 saturated heterocycles. The Labute approximate surface area is 192 Å². The van der Waals surface area contributed by atoms with Crippen molar-refractivity contribution < 1.29 is 19.7 Å². The van der Waals surface area contributed by atoms with Gasteiger partial charge in [-0.25, -0.2) is 15.0 Å². The molecule has 172 valence electrons. The third-order valence-electron chi connectivity index (χ3n) is 5.54. The average Bonchev–Trinajstić information content (AvgIpc) is 3.50. The van der Waals surface area contributed by atoms with Crippen LogP contribution >= 0.6 is 11.8 Å². The summed E-state index contributed by atoms with van der Waals surface area (Å²) in [5.41, 5.74) is 7.54. The number of nitrogens with zero attached hydrogens (tertiary/aromatic N) is 7. The van der Waals surface area contributed by atoms with Crippen molar-refractivity contribution in [3.63, 3.8) is 0 Å². The van der Waals surface area contributed by atoms with Crippen molar-refractivity contribution in [2.24, 2.45) is 7.05 Å². The van der Waals surface area contributed by atoms with Gasteiger partial charge in [0.15, 0.2) is 28.7 Å². The number of benzene rings is 1. The summed E-state index contributed by atoms with van der Waals surface area (Å²) in [6.07, 6.45) is -1.01. The maximum absolute atomic E-state index is 10.6. The number of aliphatic hydroxyl groups excluding tert-OH is 2. The number of thioether (sulfide) groups is 1. The van der Waals surface area contributed by atoms with E-state index in [2.05, 4.69) is 25.1 Å². The predicted molar refractivity (Wildman–Crippen MR) is 119 cm³/mol. The molecule has 4 N–H and O–H groups in total. The molecule has 1 aromatic carbocycles. The fraction of sp³-hybridized carbons (Fsp3) is 0.350. The van der Waals surface area contributed by atoms with Gasteiger partial charge in [0.05, 0.1) is 19.5 Å². The van der Waals surface area contributed by atoms with E-state index in [0.29, 0.717) is 27.9 Å². The number of aliphatic hydroxyl groups is 2. The van der Waals surface area contributed by atoms with Crippen molar-refractivity contribution in [3.8, 4) is 17.1 Å². The number of nitrogens with two attached hydrogens (primary N) is 1. The highest BCUT2D eigenvalue weighted by atomic mass is 32.2. The molecule has 0 radical (unpaired) electrons. The highest BCUT2D eigenvalue weighted by Gasteiger charge is 2.44. The molecule has 0 aliphatic carbocycles. The second kappa shape index (κ2) is 8.59. The predicted octanol–water partition coefficient (Wildman–Crippen LogP) is 0.624. The summed E-state index contributed by atoms with van der Waals surface area (Å²) in [4.78, 5) is 12.3. The topological polar surface area (TPSA) is 159 Å². The molecule has 33 heavy (non-hydrogen) atoms. The molecule has 0 bridgehead atoms. The van der Waals surface area contributed by atoms with Crippen LogP contribution in [0.4, 0.5) is 5.82 Å². The Morgan fingerprint density at radius 1 is 1.18 bits per heavy atom. The van der Waals surface area contributed by atoms with E-state index in [1.54, 1.807) is 11.7 Å². The lowest BCUT2D eigenvalue weighted by molar-refractivity contribution is -0.0289. The lowest BCUT2D eigenvalue weighted by atomic mass is 10.1. The van der Waals surface area contributed by atoms with E-state index >= 15 is 0 Å². The fourth-order valence-corrected chi connectivity index (χ4v) is 4.73. The number of nitrogen functional groups attached to an aromatic ring is 1. The molecule has 12 nitrogen and oxygen atoms in total. The van der Waals surface area contributed by atoms with E-state index in [1.165, 1.54) is 24.4 Å². The van der Waals surface area contributed by atoms with Crippen LogP contribution in [-0.2, 0) is 11.8 Å². The number of rotatable bonds is 6. The smallest absolute Gasteiger partial charge is 0.191 e. The van der Waals surface area contributed by atoms with E-state index in [0.717, 1.165) is 11.3 Å². The molecule has 1 aliphatic rings. The number of hydrogen-bond donors (Lipinski definition) is 3. The van der Waals surface area contributed by atoms with Crippen LogP contribution in [0.15, 0.2) is 42.1 Å². The summed E-state index contributed by atoms with van der Waals surface area (Å²) < 4.78 is 14.7. The first-order valence-electron chi connectivity index (χ1n) is 10.1. The zero-order valence-electron chi connectivity index (χ0n) is 17.8. The van der Waals surface area contributed by atoms with Crippen LogP contribution in [-0.4, -0.2) is 75.7 Å². The number of anilines is 1. The van der Waals surface area contributed by atoms with E-state index in [-0.39, 0.29) is 5.82 Å². The third kappa shape index (κ3) is 3.78. The van der Waals surface area contributed by atoms with Gasteiger partial charge < -0.3 is 30.0 Å². The Morgan fingerprint density at radius 2 is 2.03 bits per heavy atom. The summed E-state index contributed by atoms with van der Waals surface area (Å²) in [5.74, 6) is 1.99. The van der Waals surface area contributed by atoms with Crippen LogP contribution in [0.2, 0.25) is 0 Å². The molecule has 1 fully saturated rings. The number of hydrogen-bond acceptors (Lipinski definition) is 11. The molecule has 5 rings (SSSR count). The van der Waals surface area contributed by atoms with Crippen LogP contribution in [0.25, 0.3) is 22.6 Å². The summed E-state index contributed by atoms with van der Waals surface area (Å²) in [6, 6.07) is 7.56. The first-order valence-corrected chi connectivity index (χ1v) is 11.1. The minimum absolute atomic E-state index is 0.230. The van der Waals surface area contributed by atoms with Gasteiger partial charge in [-0.1, -0.05) is 23.9 Å². The fourth-order valence-electron chi connectivity index (χ4n) is 3.76. The van der Waals surface area contributed by atoms with Crippen molar-refractivity contribution in [3.05, 3.63) is 36.9 Å². The van der Waals surface area contributed by atoms with Gasteiger partial charge in [0.25, 0.3) is 0 Å². The Kier molecular flexibility index (Phi) is 5.62. The number of fused-ring (bicyclic) bond motifs is 1. The van der Waals surface area contributed by atoms with Crippen LogP contribution < -0.4 is 10.5 Å².